The number of nitrogens with zero attached hydrogens (tertiary/aromatic N) is 1. The summed E-state index contributed by atoms with van der Waals surface area (Å²) in [5, 5.41) is 0. The zero-order valence-electron chi connectivity index (χ0n) is 11.8. The average Bonchev–Trinajstić information content (AvgIpc) is 2.50. The lowest BCUT2D eigenvalue weighted by Gasteiger charge is -2.23. The van der Waals surface area contributed by atoms with Crippen molar-refractivity contribution in [1.82, 2.24) is 4.90 Å². The molecule has 2 N–H and O–H groups in total. The van der Waals surface area contributed by atoms with Gasteiger partial charge in [0.05, 0.1) is 0 Å². The molecule has 1 saturated heterocycles. The van der Waals surface area contributed by atoms with E-state index in [0.29, 0.717) is 5.41 Å². The van der Waals surface area contributed by atoms with Gasteiger partial charge in [0.25, 0.3) is 0 Å². The lowest BCUT2D eigenvalue weighted by atomic mass is 9.85. The summed E-state index contributed by atoms with van der Waals surface area (Å²) in [5.74, 6) is 0. The second kappa shape index (κ2) is 5.75. The van der Waals surface area contributed by atoms with Crippen molar-refractivity contribution in [2.45, 2.75) is 39.5 Å². The Balaban J connectivity index is 1.81. The molecule has 0 saturated carbocycles. The Morgan fingerprint density at radius 3 is 2.56 bits per heavy atom. The molecule has 0 aromatic heterocycles. The Kier molecular flexibility index (Phi) is 4.28. The maximum absolute atomic E-state index is 5.71. The van der Waals surface area contributed by atoms with Crippen molar-refractivity contribution < 1.29 is 0 Å². The molecule has 1 heterocycles. The van der Waals surface area contributed by atoms with Crippen molar-refractivity contribution in [3.8, 4) is 0 Å². The molecule has 1 aromatic rings. The second-order valence-corrected chi connectivity index (χ2v) is 6.35. The average molecular weight is 246 g/mol. The van der Waals surface area contributed by atoms with E-state index in [-0.39, 0.29) is 0 Å². The van der Waals surface area contributed by atoms with Crippen LogP contribution in [0.15, 0.2) is 24.3 Å². The van der Waals surface area contributed by atoms with Gasteiger partial charge in [-0.2, -0.15) is 0 Å². The van der Waals surface area contributed by atoms with E-state index in [0.717, 1.165) is 12.1 Å². The highest BCUT2D eigenvalue weighted by Gasteiger charge is 2.22. The van der Waals surface area contributed by atoms with Crippen LogP contribution < -0.4 is 5.73 Å². The van der Waals surface area contributed by atoms with Crippen molar-refractivity contribution in [3.05, 3.63) is 29.8 Å². The van der Waals surface area contributed by atoms with Crippen LogP contribution in [0.2, 0.25) is 0 Å². The summed E-state index contributed by atoms with van der Waals surface area (Å²) >= 11 is 0. The van der Waals surface area contributed by atoms with Crippen molar-refractivity contribution in [2.75, 3.05) is 25.4 Å². The molecule has 1 fully saturated rings. The van der Waals surface area contributed by atoms with Crippen LogP contribution in [-0.4, -0.2) is 24.5 Å². The SMILES string of the molecule is CC1(C)CCCN(CCc2ccc(N)cc2)CC1. The lowest BCUT2D eigenvalue weighted by Crippen LogP contribution is -2.27. The number of rotatable bonds is 3. The van der Waals surface area contributed by atoms with Crippen LogP contribution in [0.1, 0.15) is 38.7 Å². The third-order valence-electron chi connectivity index (χ3n) is 4.13. The predicted molar refractivity (Wildman–Crippen MR) is 78.6 cm³/mol. The van der Waals surface area contributed by atoms with Crippen LogP contribution >= 0.6 is 0 Å². The number of benzene rings is 1. The summed E-state index contributed by atoms with van der Waals surface area (Å²) in [5.41, 5.74) is 8.50. The molecular weight excluding hydrogens is 220 g/mol. The number of nitrogen functional groups attached to an aromatic ring is 1. The Hall–Kier alpha value is -1.02. The van der Waals surface area contributed by atoms with E-state index in [1.54, 1.807) is 0 Å². The molecule has 2 rings (SSSR count). The fourth-order valence-corrected chi connectivity index (χ4v) is 2.67. The summed E-state index contributed by atoms with van der Waals surface area (Å²) in [6.45, 7) is 8.49. The molecule has 0 spiro atoms. The molecule has 2 heteroatoms. The first kappa shape index (κ1) is 13.4. The van der Waals surface area contributed by atoms with Gasteiger partial charge in [0.1, 0.15) is 0 Å². The highest BCUT2D eigenvalue weighted by atomic mass is 15.1. The van der Waals surface area contributed by atoms with E-state index < -0.39 is 0 Å². The molecule has 2 nitrogen and oxygen atoms in total. The predicted octanol–water partition coefficient (Wildman–Crippen LogP) is 3.32. The first-order chi connectivity index (χ1) is 8.55. The van der Waals surface area contributed by atoms with Gasteiger partial charge in [-0.05, 0) is 61.9 Å². The lowest BCUT2D eigenvalue weighted by molar-refractivity contribution is 0.265. The zero-order valence-corrected chi connectivity index (χ0v) is 11.8. The van der Waals surface area contributed by atoms with E-state index >= 15 is 0 Å². The third-order valence-corrected chi connectivity index (χ3v) is 4.13. The molecule has 0 bridgehead atoms. The molecule has 0 unspecified atom stereocenters. The van der Waals surface area contributed by atoms with Crippen LogP contribution in [0.4, 0.5) is 5.69 Å². The van der Waals surface area contributed by atoms with E-state index in [9.17, 15) is 0 Å². The first-order valence-corrected chi connectivity index (χ1v) is 7.12. The quantitative estimate of drug-likeness (QED) is 0.829. The highest BCUT2D eigenvalue weighted by Crippen LogP contribution is 2.29. The molecular formula is C16H26N2. The van der Waals surface area contributed by atoms with Gasteiger partial charge in [0.15, 0.2) is 0 Å². The maximum Gasteiger partial charge on any atom is 0.0314 e. The smallest absolute Gasteiger partial charge is 0.0314 e. The van der Waals surface area contributed by atoms with Crippen LogP contribution in [0.3, 0.4) is 0 Å². The number of likely N-dealkylation sites (tertiary alicyclic amines) is 1. The molecule has 0 radical (unpaired) electrons. The summed E-state index contributed by atoms with van der Waals surface area (Å²) in [4.78, 5) is 2.62. The van der Waals surface area contributed by atoms with Gasteiger partial charge in [-0.1, -0.05) is 26.0 Å². The molecule has 100 valence electrons. The summed E-state index contributed by atoms with van der Waals surface area (Å²) in [7, 11) is 0. The number of nitrogens with two attached hydrogens (primary N) is 1. The van der Waals surface area contributed by atoms with Gasteiger partial charge in [0.2, 0.25) is 0 Å². The standard InChI is InChI=1S/C16H26N2/c1-16(2)9-3-11-18(13-10-16)12-8-14-4-6-15(17)7-5-14/h4-7H,3,8-13,17H2,1-2H3. The van der Waals surface area contributed by atoms with Crippen molar-refractivity contribution >= 4 is 5.69 Å². The van der Waals surface area contributed by atoms with Gasteiger partial charge in [0, 0.05) is 12.2 Å². The van der Waals surface area contributed by atoms with Gasteiger partial charge >= 0.3 is 0 Å². The normalized spacial score (nSPS) is 20.6. The molecule has 0 atom stereocenters. The molecule has 0 aliphatic carbocycles. The number of hydrogen-bond donors (Lipinski definition) is 1. The Morgan fingerprint density at radius 2 is 1.83 bits per heavy atom. The second-order valence-electron chi connectivity index (χ2n) is 6.35. The summed E-state index contributed by atoms with van der Waals surface area (Å²) in [6, 6.07) is 8.30. The van der Waals surface area contributed by atoms with Gasteiger partial charge in [-0.3, -0.25) is 0 Å². The minimum Gasteiger partial charge on any atom is -0.399 e. The fraction of sp³-hybridized carbons (Fsp3) is 0.625. The topological polar surface area (TPSA) is 29.3 Å². The summed E-state index contributed by atoms with van der Waals surface area (Å²) < 4.78 is 0. The van der Waals surface area contributed by atoms with E-state index in [1.165, 1.54) is 44.5 Å². The van der Waals surface area contributed by atoms with E-state index in [1.807, 2.05) is 12.1 Å². The molecule has 1 aliphatic heterocycles. The van der Waals surface area contributed by atoms with Crippen LogP contribution in [0.5, 0.6) is 0 Å². The minimum absolute atomic E-state index is 0.538. The van der Waals surface area contributed by atoms with E-state index in [4.69, 9.17) is 5.73 Å². The van der Waals surface area contributed by atoms with Crippen molar-refractivity contribution in [2.24, 2.45) is 5.41 Å². The van der Waals surface area contributed by atoms with Crippen molar-refractivity contribution in [1.29, 1.82) is 0 Å². The van der Waals surface area contributed by atoms with Crippen molar-refractivity contribution in [3.63, 3.8) is 0 Å². The highest BCUT2D eigenvalue weighted by molar-refractivity contribution is 5.39. The third kappa shape index (κ3) is 4.02. The van der Waals surface area contributed by atoms with Gasteiger partial charge in [-0.15, -0.1) is 0 Å². The largest absolute Gasteiger partial charge is 0.399 e. The molecule has 1 aromatic carbocycles. The van der Waals surface area contributed by atoms with Gasteiger partial charge < -0.3 is 10.6 Å². The minimum atomic E-state index is 0.538. The Labute approximate surface area is 111 Å². The maximum atomic E-state index is 5.71. The van der Waals surface area contributed by atoms with Gasteiger partial charge in [-0.25, -0.2) is 0 Å². The molecule has 18 heavy (non-hydrogen) atoms. The number of anilines is 1. The van der Waals surface area contributed by atoms with Crippen LogP contribution in [-0.2, 0) is 6.42 Å². The Morgan fingerprint density at radius 1 is 1.11 bits per heavy atom. The number of hydrogen-bond acceptors (Lipinski definition) is 2. The van der Waals surface area contributed by atoms with E-state index in [2.05, 4.69) is 30.9 Å². The van der Waals surface area contributed by atoms with Crippen LogP contribution in [0, 0.1) is 5.41 Å². The fourth-order valence-electron chi connectivity index (χ4n) is 2.67. The molecule has 1 aliphatic rings. The molecule has 0 amide bonds. The summed E-state index contributed by atoms with van der Waals surface area (Å²) in [6.07, 6.45) is 5.18. The first-order valence-electron chi connectivity index (χ1n) is 7.12. The Bertz CT molecular complexity index is 367. The zero-order chi connectivity index (χ0) is 13.0. The van der Waals surface area contributed by atoms with Crippen LogP contribution in [0.25, 0.3) is 0 Å². The monoisotopic (exact) mass is 246 g/mol.